The van der Waals surface area contributed by atoms with Gasteiger partial charge >= 0.3 is 0 Å². The highest BCUT2D eigenvalue weighted by molar-refractivity contribution is 7.98. The highest BCUT2D eigenvalue weighted by atomic mass is 35.5. The molecule has 0 nitrogen and oxygen atoms in total. The fourth-order valence-electron chi connectivity index (χ4n) is 1.05. The molecule has 0 heterocycles. The number of alkyl halides is 1. The van der Waals surface area contributed by atoms with Crippen LogP contribution >= 0.6 is 35.0 Å². The lowest BCUT2D eigenvalue weighted by molar-refractivity contribution is 0.627. The van der Waals surface area contributed by atoms with E-state index in [1.165, 1.54) is 12.1 Å². The van der Waals surface area contributed by atoms with E-state index < -0.39 is 0 Å². The molecule has 1 aromatic carbocycles. The fraction of sp³-hybridized carbons (Fsp3) is 0.455. The lowest BCUT2D eigenvalue weighted by atomic mass is 10.2. The molecular weight excluding hydrogens is 254 g/mol. The smallest absolute Gasteiger partial charge is 0.124 e. The van der Waals surface area contributed by atoms with Gasteiger partial charge in [-0.25, -0.2) is 4.39 Å². The molecule has 0 bridgehead atoms. The number of rotatable bonds is 5. The van der Waals surface area contributed by atoms with E-state index in [0.717, 1.165) is 17.1 Å². The maximum Gasteiger partial charge on any atom is 0.124 e. The Morgan fingerprint density at radius 3 is 2.80 bits per heavy atom. The average Bonchev–Trinajstić information content (AvgIpc) is 2.21. The molecule has 0 aliphatic rings. The van der Waals surface area contributed by atoms with Gasteiger partial charge in [0.25, 0.3) is 0 Å². The SMILES string of the molecule is CC(CCl)CSCc1ccc(F)cc1Cl. The molecule has 0 aliphatic heterocycles. The molecule has 0 N–H and O–H groups in total. The van der Waals surface area contributed by atoms with Gasteiger partial charge in [0.1, 0.15) is 5.82 Å². The van der Waals surface area contributed by atoms with Crippen molar-refractivity contribution in [2.75, 3.05) is 11.6 Å². The average molecular weight is 267 g/mol. The number of benzene rings is 1. The molecule has 0 spiro atoms. The predicted molar refractivity (Wildman–Crippen MR) is 67.5 cm³/mol. The lowest BCUT2D eigenvalue weighted by Crippen LogP contribution is -1.99. The summed E-state index contributed by atoms with van der Waals surface area (Å²) in [4.78, 5) is 0. The van der Waals surface area contributed by atoms with Crippen LogP contribution < -0.4 is 0 Å². The van der Waals surface area contributed by atoms with Crippen LogP contribution in [0.15, 0.2) is 18.2 Å². The first-order valence-electron chi connectivity index (χ1n) is 4.71. The van der Waals surface area contributed by atoms with E-state index in [1.54, 1.807) is 17.8 Å². The van der Waals surface area contributed by atoms with Crippen LogP contribution in [0.2, 0.25) is 5.02 Å². The molecule has 1 aromatic rings. The second-order valence-electron chi connectivity index (χ2n) is 3.51. The van der Waals surface area contributed by atoms with E-state index >= 15 is 0 Å². The van der Waals surface area contributed by atoms with Gasteiger partial charge in [0.15, 0.2) is 0 Å². The molecule has 1 atom stereocenters. The van der Waals surface area contributed by atoms with E-state index in [-0.39, 0.29) is 5.82 Å². The molecule has 84 valence electrons. The molecule has 1 unspecified atom stereocenters. The highest BCUT2D eigenvalue weighted by Crippen LogP contribution is 2.23. The van der Waals surface area contributed by atoms with Gasteiger partial charge in [0.2, 0.25) is 0 Å². The first-order chi connectivity index (χ1) is 7.13. The molecule has 0 aliphatic carbocycles. The summed E-state index contributed by atoms with van der Waals surface area (Å²) in [5, 5.41) is 0.501. The van der Waals surface area contributed by atoms with Crippen molar-refractivity contribution in [3.63, 3.8) is 0 Å². The van der Waals surface area contributed by atoms with Gasteiger partial charge < -0.3 is 0 Å². The third kappa shape index (κ3) is 4.62. The summed E-state index contributed by atoms with van der Waals surface area (Å²) in [6.07, 6.45) is 0. The van der Waals surface area contributed by atoms with E-state index in [4.69, 9.17) is 23.2 Å². The monoisotopic (exact) mass is 266 g/mol. The van der Waals surface area contributed by atoms with Gasteiger partial charge in [0.05, 0.1) is 0 Å². The Balaban J connectivity index is 2.44. The van der Waals surface area contributed by atoms with Gasteiger partial charge in [0, 0.05) is 16.7 Å². The summed E-state index contributed by atoms with van der Waals surface area (Å²) < 4.78 is 12.7. The molecular formula is C11H13Cl2FS. The van der Waals surface area contributed by atoms with Gasteiger partial charge in [-0.15, -0.1) is 11.6 Å². The maximum absolute atomic E-state index is 12.7. The van der Waals surface area contributed by atoms with Crippen molar-refractivity contribution in [3.8, 4) is 0 Å². The van der Waals surface area contributed by atoms with Crippen molar-refractivity contribution in [1.29, 1.82) is 0 Å². The van der Waals surface area contributed by atoms with Crippen molar-refractivity contribution in [3.05, 3.63) is 34.6 Å². The van der Waals surface area contributed by atoms with E-state index in [2.05, 4.69) is 6.92 Å². The molecule has 0 amide bonds. The maximum atomic E-state index is 12.7. The number of thioether (sulfide) groups is 1. The largest absolute Gasteiger partial charge is 0.207 e. The van der Waals surface area contributed by atoms with Crippen LogP contribution in [0.5, 0.6) is 0 Å². The predicted octanol–water partition coefficient (Wildman–Crippen LogP) is 4.59. The van der Waals surface area contributed by atoms with Crippen molar-refractivity contribution < 1.29 is 4.39 Å². The Kier molecular flexibility index (Phi) is 5.80. The quantitative estimate of drug-likeness (QED) is 0.703. The summed E-state index contributed by atoms with van der Waals surface area (Å²) in [5.74, 6) is 2.68. The summed E-state index contributed by atoms with van der Waals surface area (Å²) in [7, 11) is 0. The minimum atomic E-state index is -0.289. The molecule has 0 saturated heterocycles. The standard InChI is InChI=1S/C11H13Cl2FS/c1-8(5-12)6-15-7-9-2-3-10(14)4-11(9)13/h2-4,8H,5-7H2,1H3. The van der Waals surface area contributed by atoms with Crippen LogP contribution in [-0.4, -0.2) is 11.6 Å². The zero-order valence-corrected chi connectivity index (χ0v) is 10.8. The van der Waals surface area contributed by atoms with Gasteiger partial charge in [-0.3, -0.25) is 0 Å². The van der Waals surface area contributed by atoms with Crippen molar-refractivity contribution in [2.45, 2.75) is 12.7 Å². The summed E-state index contributed by atoms with van der Waals surface area (Å²) in [6, 6.07) is 4.52. The van der Waals surface area contributed by atoms with E-state index in [9.17, 15) is 4.39 Å². The summed E-state index contributed by atoms with van der Waals surface area (Å²) >= 11 is 13.4. The first-order valence-corrected chi connectivity index (χ1v) is 6.78. The Bertz CT molecular complexity index is 317. The van der Waals surface area contributed by atoms with Crippen LogP contribution in [0, 0.1) is 11.7 Å². The number of hydrogen-bond acceptors (Lipinski definition) is 1. The first kappa shape index (κ1) is 13.1. The van der Waals surface area contributed by atoms with Gasteiger partial charge in [-0.2, -0.15) is 11.8 Å². The fourth-order valence-corrected chi connectivity index (χ4v) is 2.71. The summed E-state index contributed by atoms with van der Waals surface area (Å²) in [5.41, 5.74) is 0.977. The lowest BCUT2D eigenvalue weighted by Gasteiger charge is -2.07. The van der Waals surface area contributed by atoms with Crippen molar-refractivity contribution in [2.24, 2.45) is 5.92 Å². The Labute approximate surface area is 104 Å². The molecule has 1 rings (SSSR count). The zero-order chi connectivity index (χ0) is 11.3. The molecule has 0 radical (unpaired) electrons. The van der Waals surface area contributed by atoms with Gasteiger partial charge in [-0.05, 0) is 29.4 Å². The third-order valence-corrected chi connectivity index (χ3v) is 4.14. The molecule has 4 heteroatoms. The Morgan fingerprint density at radius 2 is 2.20 bits per heavy atom. The van der Waals surface area contributed by atoms with Crippen LogP contribution in [0.25, 0.3) is 0 Å². The van der Waals surface area contributed by atoms with Crippen molar-refractivity contribution >= 4 is 35.0 Å². The molecule has 0 saturated carbocycles. The Morgan fingerprint density at radius 1 is 1.47 bits per heavy atom. The van der Waals surface area contributed by atoms with Crippen LogP contribution in [-0.2, 0) is 5.75 Å². The molecule has 15 heavy (non-hydrogen) atoms. The van der Waals surface area contributed by atoms with Crippen LogP contribution in [0.4, 0.5) is 4.39 Å². The Hall–Kier alpha value is 0.0800. The van der Waals surface area contributed by atoms with Crippen LogP contribution in [0.1, 0.15) is 12.5 Å². The zero-order valence-electron chi connectivity index (χ0n) is 8.47. The minimum Gasteiger partial charge on any atom is -0.207 e. The second-order valence-corrected chi connectivity index (χ2v) is 5.26. The minimum absolute atomic E-state index is 0.289. The molecule has 0 fully saturated rings. The number of hydrogen-bond donors (Lipinski definition) is 0. The van der Waals surface area contributed by atoms with Crippen LogP contribution in [0.3, 0.4) is 0 Å². The summed E-state index contributed by atoms with van der Waals surface area (Å²) in [6.45, 7) is 2.10. The third-order valence-electron chi connectivity index (χ3n) is 1.94. The second kappa shape index (κ2) is 6.62. The molecule has 0 aromatic heterocycles. The van der Waals surface area contributed by atoms with Gasteiger partial charge in [-0.1, -0.05) is 24.6 Å². The topological polar surface area (TPSA) is 0 Å². The van der Waals surface area contributed by atoms with E-state index in [1.807, 2.05) is 0 Å². The van der Waals surface area contributed by atoms with E-state index in [0.29, 0.717) is 16.8 Å². The normalized spacial score (nSPS) is 12.8. The highest BCUT2D eigenvalue weighted by Gasteiger charge is 2.04. The van der Waals surface area contributed by atoms with Crippen molar-refractivity contribution in [1.82, 2.24) is 0 Å². The number of halogens is 3.